The number of aliphatic hydroxyl groups is 1. The zero-order chi connectivity index (χ0) is 18.8. The van der Waals surface area contributed by atoms with Gasteiger partial charge in [-0.05, 0) is 22.9 Å². The minimum atomic E-state index is -1.72. The second-order valence-electron chi connectivity index (χ2n) is 8.39. The van der Waals surface area contributed by atoms with Gasteiger partial charge >= 0.3 is 5.97 Å². The molecular weight excluding hydrogens is 382 g/mol. The number of ether oxygens (including phenoxy) is 2. The molecule has 144 valence electrons. The van der Waals surface area contributed by atoms with E-state index in [2.05, 4.69) is 14.1 Å². The first kappa shape index (κ1) is 17.8. The summed E-state index contributed by atoms with van der Waals surface area (Å²) in [5, 5.41) is 15.2. The van der Waals surface area contributed by atoms with Crippen LogP contribution in [0.15, 0.2) is 35.0 Å². The summed E-state index contributed by atoms with van der Waals surface area (Å²) in [6, 6.07) is 8.08. The Morgan fingerprint density at radius 1 is 1.19 bits per heavy atom. The minimum absolute atomic E-state index is 0.171. The molecule has 5 atom stereocenters. The quantitative estimate of drug-likeness (QED) is 0.482. The number of esters is 1. The molecule has 2 bridgehead atoms. The fraction of sp³-hybridized carbons (Fsp3) is 0.550. The number of epoxide rings is 1. The van der Waals surface area contributed by atoms with Crippen molar-refractivity contribution in [2.45, 2.75) is 55.3 Å². The molecule has 3 saturated heterocycles. The van der Waals surface area contributed by atoms with Gasteiger partial charge in [0.25, 0.3) is 0 Å². The number of piperidine rings is 2. The molecule has 3 aliphatic heterocycles. The van der Waals surface area contributed by atoms with E-state index in [1.807, 2.05) is 22.9 Å². The third-order valence-corrected chi connectivity index (χ3v) is 8.62. The summed E-state index contributed by atoms with van der Waals surface area (Å²) in [7, 11) is 4.53. The number of nitrogens with zero attached hydrogens (tertiary/aromatic N) is 1. The van der Waals surface area contributed by atoms with Gasteiger partial charge in [-0.3, -0.25) is 0 Å². The second kappa shape index (κ2) is 6.12. The van der Waals surface area contributed by atoms with Gasteiger partial charge in [-0.1, -0.05) is 12.1 Å². The molecule has 0 saturated carbocycles. The highest BCUT2D eigenvalue weighted by atomic mass is 32.1. The number of thiophene rings is 2. The normalized spacial score (nSPS) is 34.0. The van der Waals surface area contributed by atoms with Crippen molar-refractivity contribution in [3.05, 3.63) is 44.8 Å². The van der Waals surface area contributed by atoms with E-state index in [4.69, 9.17) is 9.47 Å². The fourth-order valence-corrected chi connectivity index (χ4v) is 6.66. The van der Waals surface area contributed by atoms with Crippen molar-refractivity contribution in [1.82, 2.24) is 0 Å². The van der Waals surface area contributed by atoms with Gasteiger partial charge in [-0.2, -0.15) is 0 Å². The summed E-state index contributed by atoms with van der Waals surface area (Å²) in [6.07, 6.45) is 3.18. The second-order valence-corrected chi connectivity index (χ2v) is 10.3. The van der Waals surface area contributed by atoms with Crippen molar-refractivity contribution in [2.75, 3.05) is 14.1 Å². The lowest BCUT2D eigenvalue weighted by molar-refractivity contribution is -0.948. The third-order valence-electron chi connectivity index (χ3n) is 6.67. The zero-order valence-electron chi connectivity index (χ0n) is 15.4. The van der Waals surface area contributed by atoms with Crippen LogP contribution in [0.1, 0.15) is 29.0 Å². The fourth-order valence-electron chi connectivity index (χ4n) is 4.94. The molecule has 5 heterocycles. The number of carbonyl (C=O) groups is 1. The molecule has 3 fully saturated rings. The van der Waals surface area contributed by atoms with Gasteiger partial charge in [-0.15, -0.1) is 22.7 Å². The van der Waals surface area contributed by atoms with E-state index in [1.165, 1.54) is 22.7 Å². The molecule has 5 nitrogen and oxygen atoms in total. The molecule has 0 spiro atoms. The van der Waals surface area contributed by atoms with Crippen molar-refractivity contribution in [3.8, 4) is 0 Å². The summed E-state index contributed by atoms with van der Waals surface area (Å²) in [6.45, 7) is 0. The van der Waals surface area contributed by atoms with Crippen LogP contribution in [-0.4, -0.2) is 60.0 Å². The first-order valence-corrected chi connectivity index (χ1v) is 11.2. The Kier molecular flexibility index (Phi) is 4.04. The standard InChI is InChI=1S/C20H24NO4S2/c1-21(2)12-9-13(11-14(21)18-15(10-12)25-18)24-19(22)20(23,16-5-3-7-26-16)17-6-4-8-27-17/h3-8,12-15,18,23H,9-11H2,1-2H3/q+1. The van der Waals surface area contributed by atoms with Crippen molar-refractivity contribution >= 4 is 28.6 Å². The van der Waals surface area contributed by atoms with E-state index in [1.54, 1.807) is 12.1 Å². The number of carbonyl (C=O) groups excluding carboxylic acids is 1. The highest BCUT2D eigenvalue weighted by molar-refractivity contribution is 7.12. The van der Waals surface area contributed by atoms with Crippen LogP contribution in [0.25, 0.3) is 0 Å². The summed E-state index contributed by atoms with van der Waals surface area (Å²) in [5.74, 6) is -0.559. The summed E-state index contributed by atoms with van der Waals surface area (Å²) < 4.78 is 12.8. The van der Waals surface area contributed by atoms with Gasteiger partial charge in [0.05, 0.1) is 36.0 Å². The largest absolute Gasteiger partial charge is 0.459 e. The molecule has 5 unspecified atom stereocenters. The monoisotopic (exact) mass is 406 g/mol. The molecule has 0 amide bonds. The van der Waals surface area contributed by atoms with E-state index >= 15 is 0 Å². The molecule has 1 N–H and O–H groups in total. The Bertz CT molecular complexity index is 798. The average Bonchev–Trinajstić information content (AvgIpc) is 3.08. The predicted octanol–water partition coefficient (Wildman–Crippen LogP) is 2.74. The van der Waals surface area contributed by atoms with Crippen molar-refractivity contribution in [2.24, 2.45) is 0 Å². The van der Waals surface area contributed by atoms with E-state index in [-0.39, 0.29) is 6.10 Å². The lowest BCUT2D eigenvalue weighted by atomic mass is 9.81. The predicted molar refractivity (Wildman–Crippen MR) is 104 cm³/mol. The van der Waals surface area contributed by atoms with Crippen LogP contribution >= 0.6 is 22.7 Å². The first-order chi connectivity index (χ1) is 12.9. The number of hydrogen-bond donors (Lipinski definition) is 1. The molecule has 0 radical (unpaired) electrons. The maximum absolute atomic E-state index is 13.2. The van der Waals surface area contributed by atoms with E-state index in [0.29, 0.717) is 34.0 Å². The Labute approximate surface area is 166 Å². The molecule has 5 rings (SSSR count). The molecule has 2 aromatic heterocycles. The first-order valence-electron chi connectivity index (χ1n) is 9.41. The number of quaternary nitrogens is 1. The Hall–Kier alpha value is -1.25. The van der Waals surface area contributed by atoms with E-state index in [0.717, 1.165) is 23.7 Å². The molecule has 2 aromatic rings. The molecule has 7 heteroatoms. The maximum atomic E-state index is 13.2. The Morgan fingerprint density at radius 3 is 2.44 bits per heavy atom. The van der Waals surface area contributed by atoms with Gasteiger partial charge in [0.1, 0.15) is 18.2 Å². The third kappa shape index (κ3) is 2.71. The van der Waals surface area contributed by atoms with Gasteiger partial charge in [0.15, 0.2) is 0 Å². The molecule has 3 aliphatic rings. The molecule has 0 aromatic carbocycles. The molecule has 0 aliphatic carbocycles. The van der Waals surface area contributed by atoms with Crippen LogP contribution in [0.5, 0.6) is 0 Å². The Balaban J connectivity index is 1.40. The maximum Gasteiger partial charge on any atom is 0.349 e. The van der Waals surface area contributed by atoms with Crippen LogP contribution in [-0.2, 0) is 19.9 Å². The van der Waals surface area contributed by atoms with Crippen molar-refractivity contribution in [1.29, 1.82) is 0 Å². The van der Waals surface area contributed by atoms with Gasteiger partial charge in [-0.25, -0.2) is 4.79 Å². The van der Waals surface area contributed by atoms with Crippen LogP contribution in [0.4, 0.5) is 0 Å². The summed E-state index contributed by atoms with van der Waals surface area (Å²) in [4.78, 5) is 14.4. The Morgan fingerprint density at radius 2 is 1.85 bits per heavy atom. The van der Waals surface area contributed by atoms with Crippen LogP contribution in [0.2, 0.25) is 0 Å². The minimum Gasteiger partial charge on any atom is -0.459 e. The van der Waals surface area contributed by atoms with Crippen molar-refractivity contribution < 1.29 is 23.9 Å². The number of likely N-dealkylation sites (N-methyl/N-ethyl adjacent to an activating group) is 1. The lowest BCUT2D eigenvalue weighted by Gasteiger charge is -2.51. The summed E-state index contributed by atoms with van der Waals surface area (Å²) >= 11 is 2.75. The highest BCUT2D eigenvalue weighted by Crippen LogP contribution is 2.48. The average molecular weight is 407 g/mol. The van der Waals surface area contributed by atoms with Crippen LogP contribution in [0.3, 0.4) is 0 Å². The van der Waals surface area contributed by atoms with Gasteiger partial charge < -0.3 is 19.1 Å². The number of hydrogen-bond acceptors (Lipinski definition) is 6. The van der Waals surface area contributed by atoms with Gasteiger partial charge in [0, 0.05) is 19.3 Å². The van der Waals surface area contributed by atoms with Crippen molar-refractivity contribution in [3.63, 3.8) is 0 Å². The van der Waals surface area contributed by atoms with Crippen LogP contribution in [0, 0.1) is 0 Å². The SMILES string of the molecule is C[N+]1(C)C2CC(OC(=O)C(O)(c3cccs3)c3cccs3)CC1C1OC1C2. The number of fused-ring (bicyclic) bond motifs is 4. The lowest BCUT2D eigenvalue weighted by Crippen LogP contribution is -2.66. The van der Waals surface area contributed by atoms with E-state index < -0.39 is 11.6 Å². The number of rotatable bonds is 4. The highest BCUT2D eigenvalue weighted by Gasteiger charge is 2.63. The zero-order valence-corrected chi connectivity index (χ0v) is 17.0. The van der Waals surface area contributed by atoms with Gasteiger partial charge in [0.2, 0.25) is 5.60 Å². The molecular formula is C20H24NO4S2+. The smallest absolute Gasteiger partial charge is 0.349 e. The summed E-state index contributed by atoms with van der Waals surface area (Å²) in [5.41, 5.74) is -1.72. The molecule has 27 heavy (non-hydrogen) atoms. The van der Waals surface area contributed by atoms with Crippen LogP contribution < -0.4 is 0 Å². The van der Waals surface area contributed by atoms with E-state index in [9.17, 15) is 9.90 Å². The topological polar surface area (TPSA) is 59.1 Å².